The van der Waals surface area contributed by atoms with E-state index in [1.165, 1.54) is 0 Å². The fourth-order valence-corrected chi connectivity index (χ4v) is 1.79. The van der Waals surface area contributed by atoms with E-state index >= 15 is 0 Å². The van der Waals surface area contributed by atoms with E-state index in [9.17, 15) is 9.59 Å². The zero-order valence-electron chi connectivity index (χ0n) is 9.71. The third-order valence-electron chi connectivity index (χ3n) is 2.18. The molecule has 1 aromatic carbocycles. The van der Waals surface area contributed by atoms with E-state index in [2.05, 4.69) is 42.5 Å². The molecule has 1 rings (SSSR count). The summed E-state index contributed by atoms with van der Waals surface area (Å²) >= 11 is 6.47. The maximum absolute atomic E-state index is 11.9. The molecular weight excluding hydrogens is 364 g/mol. The van der Waals surface area contributed by atoms with Crippen molar-refractivity contribution in [3.05, 3.63) is 35.4 Å². The molecule has 0 aliphatic carbocycles. The van der Waals surface area contributed by atoms with Crippen molar-refractivity contribution in [1.29, 1.82) is 0 Å². The minimum Gasteiger partial charge on any atom is -0.351 e. The lowest BCUT2D eigenvalue weighted by Crippen LogP contribution is -2.31. The van der Waals surface area contributed by atoms with Gasteiger partial charge in [-0.1, -0.05) is 44.0 Å². The molecule has 98 valence electrons. The lowest BCUT2D eigenvalue weighted by atomic mass is 10.1. The van der Waals surface area contributed by atoms with Crippen molar-refractivity contribution in [3.8, 4) is 0 Å². The van der Waals surface area contributed by atoms with Gasteiger partial charge in [0.05, 0.1) is 11.1 Å². The van der Waals surface area contributed by atoms with Crippen LogP contribution in [0, 0.1) is 0 Å². The van der Waals surface area contributed by atoms with Crippen LogP contribution in [0.4, 0.5) is 0 Å². The molecule has 2 N–H and O–H groups in total. The zero-order valence-corrected chi connectivity index (χ0v) is 12.9. The molecule has 1 aromatic rings. The van der Waals surface area contributed by atoms with Crippen molar-refractivity contribution in [2.45, 2.75) is 0 Å². The highest BCUT2D eigenvalue weighted by atomic mass is 79.9. The first-order valence-electron chi connectivity index (χ1n) is 5.48. The molecule has 0 saturated carbocycles. The second-order valence-corrected chi connectivity index (χ2v) is 5.02. The number of nitrogens with one attached hydrogen (secondary N) is 2. The first-order chi connectivity index (χ1) is 8.70. The summed E-state index contributed by atoms with van der Waals surface area (Å²) in [5.41, 5.74) is 0.788. The summed E-state index contributed by atoms with van der Waals surface area (Å²) in [6.07, 6.45) is 0. The first kappa shape index (κ1) is 15.2. The third kappa shape index (κ3) is 4.42. The van der Waals surface area contributed by atoms with Crippen LogP contribution in [0.25, 0.3) is 0 Å². The molecule has 6 heteroatoms. The number of benzene rings is 1. The van der Waals surface area contributed by atoms with Gasteiger partial charge in [-0.2, -0.15) is 0 Å². The summed E-state index contributed by atoms with van der Waals surface area (Å²) in [5.74, 6) is -0.474. The van der Waals surface area contributed by atoms with Gasteiger partial charge in [0.1, 0.15) is 0 Å². The monoisotopic (exact) mass is 376 g/mol. The Balaban J connectivity index is 2.85. The molecule has 4 nitrogen and oxygen atoms in total. The summed E-state index contributed by atoms with van der Waals surface area (Å²) in [4.78, 5) is 23.8. The van der Waals surface area contributed by atoms with E-state index in [1.807, 2.05) is 0 Å². The zero-order chi connectivity index (χ0) is 13.4. The van der Waals surface area contributed by atoms with Crippen LogP contribution in [0.15, 0.2) is 24.3 Å². The highest BCUT2D eigenvalue weighted by molar-refractivity contribution is 9.09. The number of alkyl halides is 2. The fraction of sp³-hybridized carbons (Fsp3) is 0.333. The number of rotatable bonds is 6. The molecule has 0 aliphatic heterocycles. The quantitative estimate of drug-likeness (QED) is 0.744. The Morgan fingerprint density at radius 1 is 0.889 bits per heavy atom. The minimum atomic E-state index is -0.237. The Morgan fingerprint density at radius 2 is 1.28 bits per heavy atom. The lowest BCUT2D eigenvalue weighted by molar-refractivity contribution is 0.0922. The second-order valence-electron chi connectivity index (χ2n) is 3.44. The number of carbonyl (C=O) groups excluding carboxylic acids is 2. The van der Waals surface area contributed by atoms with Gasteiger partial charge in [-0.3, -0.25) is 9.59 Å². The fourth-order valence-electron chi connectivity index (χ4n) is 1.39. The molecule has 0 aliphatic rings. The summed E-state index contributed by atoms with van der Waals surface area (Å²) in [7, 11) is 0. The van der Waals surface area contributed by atoms with E-state index < -0.39 is 0 Å². The molecule has 0 unspecified atom stereocenters. The Bertz CT molecular complexity index is 385. The van der Waals surface area contributed by atoms with E-state index in [0.717, 1.165) is 0 Å². The molecule has 0 aromatic heterocycles. The predicted octanol–water partition coefficient (Wildman–Crippen LogP) is 1.94. The standard InChI is InChI=1S/C12H14Br2N2O2/c13-5-7-15-11(17)9-3-1-2-4-10(9)12(18)16-8-6-14/h1-4H,5-8H2,(H,15,17)(H,16,18). The SMILES string of the molecule is O=C(NCCBr)c1ccccc1C(=O)NCCBr. The topological polar surface area (TPSA) is 58.2 Å². The van der Waals surface area contributed by atoms with Gasteiger partial charge in [0.25, 0.3) is 11.8 Å². The molecule has 0 fully saturated rings. The van der Waals surface area contributed by atoms with Gasteiger partial charge < -0.3 is 10.6 Å². The van der Waals surface area contributed by atoms with E-state index in [4.69, 9.17) is 0 Å². The van der Waals surface area contributed by atoms with Crippen LogP contribution in [0.2, 0.25) is 0 Å². The van der Waals surface area contributed by atoms with Crippen molar-refractivity contribution in [2.75, 3.05) is 23.7 Å². The molecular formula is C12H14Br2N2O2. The van der Waals surface area contributed by atoms with Crippen molar-refractivity contribution in [1.82, 2.24) is 10.6 Å². The number of halogens is 2. The van der Waals surface area contributed by atoms with Gasteiger partial charge in [0, 0.05) is 23.7 Å². The third-order valence-corrected chi connectivity index (χ3v) is 2.97. The normalized spacial score (nSPS) is 9.89. The Hall–Kier alpha value is -0.880. The van der Waals surface area contributed by atoms with E-state index in [1.54, 1.807) is 24.3 Å². The van der Waals surface area contributed by atoms with Gasteiger partial charge in [-0.25, -0.2) is 0 Å². The van der Waals surface area contributed by atoms with Gasteiger partial charge in [-0.15, -0.1) is 0 Å². The smallest absolute Gasteiger partial charge is 0.252 e. The van der Waals surface area contributed by atoms with Crippen molar-refractivity contribution < 1.29 is 9.59 Å². The highest BCUT2D eigenvalue weighted by Crippen LogP contribution is 2.08. The van der Waals surface area contributed by atoms with Gasteiger partial charge in [0.15, 0.2) is 0 Å². The Kier molecular flexibility index (Phi) is 6.97. The van der Waals surface area contributed by atoms with Crippen LogP contribution < -0.4 is 10.6 Å². The van der Waals surface area contributed by atoms with Crippen LogP contribution in [0.3, 0.4) is 0 Å². The largest absolute Gasteiger partial charge is 0.351 e. The molecule has 0 radical (unpaired) electrons. The Labute approximate surface area is 123 Å². The molecule has 0 atom stereocenters. The summed E-state index contributed by atoms with van der Waals surface area (Å²) < 4.78 is 0. The van der Waals surface area contributed by atoms with Crippen molar-refractivity contribution in [2.24, 2.45) is 0 Å². The highest BCUT2D eigenvalue weighted by Gasteiger charge is 2.15. The van der Waals surface area contributed by atoms with Crippen LogP contribution in [0.5, 0.6) is 0 Å². The average Bonchev–Trinajstić information content (AvgIpc) is 2.42. The number of hydrogen-bond donors (Lipinski definition) is 2. The number of amides is 2. The maximum Gasteiger partial charge on any atom is 0.252 e. The van der Waals surface area contributed by atoms with Crippen LogP contribution in [-0.4, -0.2) is 35.6 Å². The molecule has 0 bridgehead atoms. The van der Waals surface area contributed by atoms with Gasteiger partial charge in [-0.05, 0) is 12.1 Å². The first-order valence-corrected chi connectivity index (χ1v) is 7.72. The molecule has 0 spiro atoms. The number of hydrogen-bond acceptors (Lipinski definition) is 2. The lowest BCUT2D eigenvalue weighted by Gasteiger charge is -2.09. The molecule has 0 saturated heterocycles. The van der Waals surface area contributed by atoms with Crippen LogP contribution in [-0.2, 0) is 0 Å². The minimum absolute atomic E-state index is 0.237. The maximum atomic E-state index is 11.9. The molecule has 2 amide bonds. The molecule has 18 heavy (non-hydrogen) atoms. The van der Waals surface area contributed by atoms with Crippen molar-refractivity contribution in [3.63, 3.8) is 0 Å². The van der Waals surface area contributed by atoms with Crippen molar-refractivity contribution >= 4 is 43.7 Å². The average molecular weight is 378 g/mol. The van der Waals surface area contributed by atoms with Gasteiger partial charge >= 0.3 is 0 Å². The summed E-state index contributed by atoms with van der Waals surface area (Å²) in [5, 5.41) is 6.80. The summed E-state index contributed by atoms with van der Waals surface area (Å²) in [6.45, 7) is 1.05. The second kappa shape index (κ2) is 8.26. The number of carbonyl (C=O) groups is 2. The van der Waals surface area contributed by atoms with Gasteiger partial charge in [0.2, 0.25) is 0 Å². The van der Waals surface area contributed by atoms with Crippen LogP contribution >= 0.6 is 31.9 Å². The molecule has 0 heterocycles. The van der Waals surface area contributed by atoms with E-state index in [0.29, 0.717) is 34.9 Å². The van der Waals surface area contributed by atoms with Crippen LogP contribution in [0.1, 0.15) is 20.7 Å². The summed E-state index contributed by atoms with van der Waals surface area (Å²) in [6, 6.07) is 6.77. The van der Waals surface area contributed by atoms with E-state index in [-0.39, 0.29) is 11.8 Å². The predicted molar refractivity (Wildman–Crippen MR) is 78.7 cm³/mol. The Morgan fingerprint density at radius 3 is 1.61 bits per heavy atom.